The Labute approximate surface area is 149 Å². The monoisotopic (exact) mass is 409 g/mol. The van der Waals surface area contributed by atoms with Crippen molar-refractivity contribution in [1.82, 2.24) is 10.1 Å². The molecule has 0 unspecified atom stereocenters. The van der Waals surface area contributed by atoms with Gasteiger partial charge in [-0.15, -0.1) is 0 Å². The predicted molar refractivity (Wildman–Crippen MR) is 89.9 cm³/mol. The van der Waals surface area contributed by atoms with Gasteiger partial charge in [0.2, 0.25) is 5.82 Å². The van der Waals surface area contributed by atoms with Crippen LogP contribution in [0.25, 0.3) is 11.4 Å². The van der Waals surface area contributed by atoms with E-state index in [1.54, 1.807) is 30.3 Å². The summed E-state index contributed by atoms with van der Waals surface area (Å²) in [5.74, 6) is 1.08. The van der Waals surface area contributed by atoms with Crippen LogP contribution in [0.5, 0.6) is 5.75 Å². The van der Waals surface area contributed by atoms with E-state index in [2.05, 4.69) is 26.1 Å². The van der Waals surface area contributed by atoms with Crippen molar-refractivity contribution in [1.29, 1.82) is 0 Å². The quantitative estimate of drug-likeness (QED) is 0.449. The number of benzene rings is 2. The maximum absolute atomic E-state index is 10.8. The fraction of sp³-hybridized carbons (Fsp3) is 0.0667. The zero-order valence-electron chi connectivity index (χ0n) is 12.0. The standard InChI is InChI=1S/C15H9BrClN3O4/c16-12-7-10(17)4-5-13(12)23-8-14-18-15(19-24-14)9-2-1-3-11(6-9)20(21)22/h1-7H,8H2. The van der Waals surface area contributed by atoms with Gasteiger partial charge in [-0.05, 0) is 34.1 Å². The molecule has 0 bridgehead atoms. The van der Waals surface area contributed by atoms with Crippen molar-refractivity contribution in [2.24, 2.45) is 0 Å². The van der Waals surface area contributed by atoms with Crippen molar-refractivity contribution in [3.63, 3.8) is 0 Å². The number of aromatic nitrogens is 2. The first-order valence-corrected chi connectivity index (χ1v) is 7.85. The summed E-state index contributed by atoms with van der Waals surface area (Å²) in [6, 6.07) is 11.1. The third-order valence-corrected chi connectivity index (χ3v) is 3.88. The fourth-order valence-electron chi connectivity index (χ4n) is 1.92. The number of non-ortho nitro benzene ring substituents is 1. The molecule has 0 aliphatic heterocycles. The van der Waals surface area contributed by atoms with E-state index in [0.29, 0.717) is 20.8 Å². The van der Waals surface area contributed by atoms with Gasteiger partial charge in [0, 0.05) is 22.7 Å². The maximum Gasteiger partial charge on any atom is 0.270 e. The Morgan fingerprint density at radius 3 is 2.88 bits per heavy atom. The van der Waals surface area contributed by atoms with Crippen molar-refractivity contribution in [3.05, 3.63) is 68.0 Å². The molecular formula is C15H9BrClN3O4. The summed E-state index contributed by atoms with van der Waals surface area (Å²) < 4.78 is 11.4. The summed E-state index contributed by atoms with van der Waals surface area (Å²) in [5.41, 5.74) is 0.451. The topological polar surface area (TPSA) is 91.3 Å². The highest BCUT2D eigenvalue weighted by atomic mass is 79.9. The van der Waals surface area contributed by atoms with Gasteiger partial charge >= 0.3 is 0 Å². The molecule has 1 aromatic heterocycles. The number of nitro benzene ring substituents is 1. The molecule has 0 aliphatic carbocycles. The Balaban J connectivity index is 1.74. The number of halogens is 2. The average molecular weight is 411 g/mol. The third-order valence-electron chi connectivity index (χ3n) is 3.03. The summed E-state index contributed by atoms with van der Waals surface area (Å²) in [4.78, 5) is 14.5. The summed E-state index contributed by atoms with van der Waals surface area (Å²) >= 11 is 9.21. The SMILES string of the molecule is O=[N+]([O-])c1cccc(-c2noc(COc3ccc(Cl)cc3Br)n2)c1. The van der Waals surface area contributed by atoms with E-state index < -0.39 is 4.92 Å². The van der Waals surface area contributed by atoms with Gasteiger partial charge in [0.15, 0.2) is 6.61 Å². The summed E-state index contributed by atoms with van der Waals surface area (Å²) in [6.45, 7) is 0.0577. The molecule has 3 rings (SSSR count). The van der Waals surface area contributed by atoms with Crippen LogP contribution in [0.2, 0.25) is 5.02 Å². The highest BCUT2D eigenvalue weighted by Gasteiger charge is 2.13. The normalized spacial score (nSPS) is 10.6. The molecule has 3 aromatic rings. The van der Waals surface area contributed by atoms with E-state index in [0.717, 1.165) is 0 Å². The summed E-state index contributed by atoms with van der Waals surface area (Å²) in [7, 11) is 0. The van der Waals surface area contributed by atoms with Crippen molar-refractivity contribution >= 4 is 33.2 Å². The summed E-state index contributed by atoms with van der Waals surface area (Å²) in [5, 5.41) is 15.2. The first-order chi connectivity index (χ1) is 11.5. The second kappa shape index (κ2) is 6.98. The van der Waals surface area contributed by atoms with Crippen molar-refractivity contribution in [2.75, 3.05) is 0 Å². The minimum absolute atomic E-state index is 0.0415. The van der Waals surface area contributed by atoms with Gasteiger partial charge in [0.25, 0.3) is 11.6 Å². The molecule has 0 radical (unpaired) electrons. The number of hydrogen-bond donors (Lipinski definition) is 0. The van der Waals surface area contributed by atoms with Crippen LogP contribution in [-0.2, 0) is 6.61 Å². The van der Waals surface area contributed by atoms with Gasteiger partial charge in [0.05, 0.1) is 9.40 Å². The van der Waals surface area contributed by atoms with Crippen LogP contribution in [-0.4, -0.2) is 15.1 Å². The Kier molecular flexibility index (Phi) is 4.77. The average Bonchev–Trinajstić information content (AvgIpc) is 3.03. The molecule has 7 nitrogen and oxygen atoms in total. The lowest BCUT2D eigenvalue weighted by molar-refractivity contribution is -0.384. The van der Waals surface area contributed by atoms with Crippen LogP contribution >= 0.6 is 27.5 Å². The fourth-order valence-corrected chi connectivity index (χ4v) is 2.72. The van der Waals surface area contributed by atoms with E-state index in [-0.39, 0.29) is 24.0 Å². The largest absolute Gasteiger partial charge is 0.483 e. The molecule has 9 heteroatoms. The second-order valence-electron chi connectivity index (χ2n) is 4.68. The van der Waals surface area contributed by atoms with Gasteiger partial charge < -0.3 is 9.26 Å². The Bertz CT molecular complexity index is 900. The van der Waals surface area contributed by atoms with Crippen LogP contribution in [0.4, 0.5) is 5.69 Å². The lowest BCUT2D eigenvalue weighted by Crippen LogP contribution is -1.96. The van der Waals surface area contributed by atoms with Crippen LogP contribution in [0.15, 0.2) is 51.5 Å². The van der Waals surface area contributed by atoms with E-state index >= 15 is 0 Å². The molecule has 0 fully saturated rings. The van der Waals surface area contributed by atoms with Gasteiger partial charge in [-0.2, -0.15) is 4.98 Å². The van der Waals surface area contributed by atoms with E-state index in [4.69, 9.17) is 20.9 Å². The van der Waals surface area contributed by atoms with E-state index in [9.17, 15) is 10.1 Å². The lowest BCUT2D eigenvalue weighted by atomic mass is 10.2. The number of hydrogen-bond acceptors (Lipinski definition) is 6. The Morgan fingerprint density at radius 1 is 1.29 bits per heavy atom. The van der Waals surface area contributed by atoms with Crippen LogP contribution < -0.4 is 4.74 Å². The lowest BCUT2D eigenvalue weighted by Gasteiger charge is -2.05. The van der Waals surface area contributed by atoms with Crippen LogP contribution in [0, 0.1) is 10.1 Å². The molecular weight excluding hydrogens is 402 g/mol. The predicted octanol–water partition coefficient (Wildman–Crippen LogP) is 4.64. The first kappa shape index (κ1) is 16.4. The van der Waals surface area contributed by atoms with Crippen LogP contribution in [0.3, 0.4) is 0 Å². The Morgan fingerprint density at radius 2 is 2.12 bits per heavy atom. The minimum atomic E-state index is -0.480. The minimum Gasteiger partial charge on any atom is -0.483 e. The number of nitrogens with zero attached hydrogens (tertiary/aromatic N) is 3. The first-order valence-electron chi connectivity index (χ1n) is 6.68. The molecule has 0 spiro atoms. The molecule has 0 N–H and O–H groups in total. The molecule has 1 heterocycles. The molecule has 0 saturated carbocycles. The van der Waals surface area contributed by atoms with Crippen molar-refractivity contribution in [3.8, 4) is 17.1 Å². The van der Waals surface area contributed by atoms with E-state index in [1.807, 2.05) is 0 Å². The van der Waals surface area contributed by atoms with Crippen molar-refractivity contribution in [2.45, 2.75) is 6.61 Å². The molecule has 0 amide bonds. The third kappa shape index (κ3) is 3.72. The van der Waals surface area contributed by atoms with E-state index in [1.165, 1.54) is 12.1 Å². The zero-order chi connectivity index (χ0) is 17.1. The molecule has 2 aromatic carbocycles. The second-order valence-corrected chi connectivity index (χ2v) is 5.97. The number of ether oxygens (including phenoxy) is 1. The van der Waals surface area contributed by atoms with Gasteiger partial charge in [0.1, 0.15) is 5.75 Å². The smallest absolute Gasteiger partial charge is 0.270 e. The number of rotatable bonds is 5. The van der Waals surface area contributed by atoms with Crippen molar-refractivity contribution < 1.29 is 14.2 Å². The van der Waals surface area contributed by atoms with Gasteiger partial charge in [-0.3, -0.25) is 10.1 Å². The number of nitro groups is 1. The maximum atomic E-state index is 10.8. The highest BCUT2D eigenvalue weighted by Crippen LogP contribution is 2.28. The summed E-state index contributed by atoms with van der Waals surface area (Å²) in [6.07, 6.45) is 0. The molecule has 122 valence electrons. The molecule has 0 aliphatic rings. The Hall–Kier alpha value is -2.45. The van der Waals surface area contributed by atoms with Gasteiger partial charge in [-0.1, -0.05) is 28.9 Å². The molecule has 0 saturated heterocycles. The molecule has 0 atom stereocenters. The van der Waals surface area contributed by atoms with Gasteiger partial charge in [-0.25, -0.2) is 0 Å². The van der Waals surface area contributed by atoms with Crippen LogP contribution in [0.1, 0.15) is 5.89 Å². The highest BCUT2D eigenvalue weighted by molar-refractivity contribution is 9.10. The zero-order valence-corrected chi connectivity index (χ0v) is 14.3. The molecule has 24 heavy (non-hydrogen) atoms.